The lowest BCUT2D eigenvalue weighted by Gasteiger charge is -2.32. The molecule has 1 aliphatic rings. The highest BCUT2D eigenvalue weighted by Crippen LogP contribution is 2.30. The van der Waals surface area contributed by atoms with Crippen molar-refractivity contribution in [3.8, 4) is 0 Å². The second-order valence-electron chi connectivity index (χ2n) is 7.66. The maximum Gasteiger partial charge on any atom is 0.258 e. The highest BCUT2D eigenvalue weighted by molar-refractivity contribution is 7.18. The molecule has 0 amide bonds. The van der Waals surface area contributed by atoms with E-state index < -0.39 is 0 Å². The third kappa shape index (κ3) is 3.12. The van der Waals surface area contributed by atoms with E-state index in [2.05, 4.69) is 30.1 Å². The molecule has 28 heavy (non-hydrogen) atoms. The maximum absolute atomic E-state index is 12.5. The number of piperidine rings is 1. The van der Waals surface area contributed by atoms with Crippen LogP contribution in [0.3, 0.4) is 0 Å². The van der Waals surface area contributed by atoms with Gasteiger partial charge in [-0.25, -0.2) is 9.97 Å². The molecule has 3 heterocycles. The Morgan fingerprint density at radius 3 is 2.75 bits per heavy atom. The van der Waals surface area contributed by atoms with Crippen LogP contribution in [0.1, 0.15) is 42.6 Å². The van der Waals surface area contributed by atoms with Crippen LogP contribution in [0.25, 0.3) is 21.1 Å². The minimum atomic E-state index is -0.0495. The molecule has 0 aliphatic carbocycles. The average molecular weight is 392 g/mol. The number of thiazole rings is 1. The summed E-state index contributed by atoms with van der Waals surface area (Å²) in [6.45, 7) is 4.29. The van der Waals surface area contributed by atoms with Crippen molar-refractivity contribution in [2.24, 2.45) is 0 Å². The Bertz CT molecular complexity index is 1160. The normalized spacial score (nSPS) is 21.2. The number of fused-ring (bicyclic) bond motifs is 2. The molecule has 1 aliphatic heterocycles. The Balaban J connectivity index is 1.42. The van der Waals surface area contributed by atoms with Gasteiger partial charge in [-0.3, -0.25) is 4.79 Å². The first-order chi connectivity index (χ1) is 13.7. The third-order valence-electron chi connectivity index (χ3n) is 5.87. The fraction of sp³-hybridized carbons (Fsp3) is 0.318. The number of para-hydroxylation sites is 2. The van der Waals surface area contributed by atoms with Crippen LogP contribution in [0, 0.1) is 0 Å². The van der Waals surface area contributed by atoms with E-state index in [1.807, 2.05) is 41.7 Å². The summed E-state index contributed by atoms with van der Waals surface area (Å²) >= 11 is 1.82. The first kappa shape index (κ1) is 17.5. The quantitative estimate of drug-likeness (QED) is 0.564. The molecule has 0 radical (unpaired) electrons. The van der Waals surface area contributed by atoms with Gasteiger partial charge in [-0.2, -0.15) is 0 Å². The van der Waals surface area contributed by atoms with Crippen molar-refractivity contribution in [2.75, 3.05) is 13.1 Å². The van der Waals surface area contributed by atoms with Crippen LogP contribution in [0.5, 0.6) is 0 Å². The predicted octanol–water partition coefficient (Wildman–Crippen LogP) is 3.06. The van der Waals surface area contributed by atoms with Gasteiger partial charge < -0.3 is 9.88 Å². The largest absolute Gasteiger partial charge is 0.326 e. The Morgan fingerprint density at radius 1 is 1.11 bits per heavy atom. The van der Waals surface area contributed by atoms with E-state index in [9.17, 15) is 4.79 Å². The minimum absolute atomic E-state index is 0.0495. The van der Waals surface area contributed by atoms with Crippen molar-refractivity contribution >= 4 is 32.5 Å². The summed E-state index contributed by atoms with van der Waals surface area (Å²) in [6.07, 6.45) is 2.34. The van der Waals surface area contributed by atoms with Crippen molar-refractivity contribution in [3.63, 3.8) is 0 Å². The van der Waals surface area contributed by atoms with Crippen LogP contribution in [0.4, 0.5) is 0 Å². The standard InChI is InChI=1S/C22H22N4OS/c1-14(20-23-17-9-3-2-8-16(17)21(27)25-20)26-12-6-7-15(13-26)22-24-18-10-4-5-11-19(18)28-22/h2-5,8-11,14-15H,6-7,12-13H2,1H3,(H,23,25,27)/p+1/t14-,15+/m1/s1. The van der Waals surface area contributed by atoms with E-state index in [-0.39, 0.29) is 11.6 Å². The van der Waals surface area contributed by atoms with Crippen LogP contribution in [-0.4, -0.2) is 28.0 Å². The Labute approximate surface area is 167 Å². The lowest BCUT2D eigenvalue weighted by Crippen LogP contribution is -3.13. The van der Waals surface area contributed by atoms with Crippen molar-refractivity contribution < 1.29 is 4.90 Å². The van der Waals surface area contributed by atoms with E-state index >= 15 is 0 Å². The number of nitrogens with one attached hydrogen (secondary N) is 2. The number of H-pyrrole nitrogens is 1. The highest BCUT2D eigenvalue weighted by Gasteiger charge is 2.31. The number of quaternary nitrogens is 1. The van der Waals surface area contributed by atoms with Gasteiger partial charge in [0.2, 0.25) is 0 Å². The summed E-state index contributed by atoms with van der Waals surface area (Å²) in [5.74, 6) is 1.25. The molecule has 1 unspecified atom stereocenters. The van der Waals surface area contributed by atoms with Gasteiger partial charge in [0.05, 0.1) is 40.1 Å². The van der Waals surface area contributed by atoms with Gasteiger partial charge >= 0.3 is 0 Å². The van der Waals surface area contributed by atoms with E-state index in [0.717, 1.165) is 36.4 Å². The van der Waals surface area contributed by atoms with Crippen molar-refractivity contribution in [1.29, 1.82) is 0 Å². The second-order valence-corrected chi connectivity index (χ2v) is 8.72. The molecule has 5 rings (SSSR count). The molecule has 1 saturated heterocycles. The highest BCUT2D eigenvalue weighted by atomic mass is 32.1. The maximum atomic E-state index is 12.5. The fourth-order valence-corrected chi connectivity index (χ4v) is 5.37. The number of hydrogen-bond acceptors (Lipinski definition) is 4. The molecule has 5 nitrogen and oxygen atoms in total. The number of likely N-dealkylation sites (tertiary alicyclic amines) is 1. The number of aromatic amines is 1. The number of hydrogen-bond donors (Lipinski definition) is 2. The third-order valence-corrected chi connectivity index (χ3v) is 7.07. The minimum Gasteiger partial charge on any atom is -0.326 e. The summed E-state index contributed by atoms with van der Waals surface area (Å²) in [4.78, 5) is 26.6. The summed E-state index contributed by atoms with van der Waals surface area (Å²) < 4.78 is 1.26. The first-order valence-electron chi connectivity index (χ1n) is 9.88. The van der Waals surface area contributed by atoms with Crippen LogP contribution in [-0.2, 0) is 0 Å². The topological polar surface area (TPSA) is 63.1 Å². The molecule has 142 valence electrons. The molecule has 0 bridgehead atoms. The van der Waals surface area contributed by atoms with Gasteiger partial charge in [0, 0.05) is 0 Å². The summed E-state index contributed by atoms with van der Waals surface area (Å²) in [6, 6.07) is 16.1. The van der Waals surface area contributed by atoms with Crippen LogP contribution in [0.2, 0.25) is 0 Å². The van der Waals surface area contributed by atoms with Crippen molar-refractivity contribution in [3.05, 3.63) is 69.7 Å². The second kappa shape index (κ2) is 7.11. The van der Waals surface area contributed by atoms with Crippen LogP contribution >= 0.6 is 11.3 Å². The van der Waals surface area contributed by atoms with Crippen molar-refractivity contribution in [1.82, 2.24) is 15.0 Å². The molecule has 6 heteroatoms. The summed E-state index contributed by atoms with van der Waals surface area (Å²) in [5, 5.41) is 1.89. The molecule has 2 N–H and O–H groups in total. The number of benzene rings is 2. The molecule has 2 aromatic carbocycles. The number of aromatic nitrogens is 3. The molecule has 2 aromatic heterocycles. The van der Waals surface area contributed by atoms with Crippen molar-refractivity contribution in [2.45, 2.75) is 31.7 Å². The van der Waals surface area contributed by atoms with Gasteiger partial charge in [-0.1, -0.05) is 24.3 Å². The predicted molar refractivity (Wildman–Crippen MR) is 113 cm³/mol. The SMILES string of the molecule is C[C@H](c1nc2ccccc2c(=O)[nH]1)[NH+]1CCC[C@H](c2nc3ccccc3s2)C1. The molecular weight excluding hydrogens is 368 g/mol. The lowest BCUT2D eigenvalue weighted by atomic mass is 9.97. The summed E-state index contributed by atoms with van der Waals surface area (Å²) in [7, 11) is 0. The monoisotopic (exact) mass is 391 g/mol. The van der Waals surface area contributed by atoms with Gasteiger partial charge in [-0.15, -0.1) is 11.3 Å². The molecule has 3 atom stereocenters. The van der Waals surface area contributed by atoms with E-state index in [1.165, 1.54) is 21.0 Å². The Hall–Kier alpha value is -2.57. The fourth-order valence-electron chi connectivity index (χ4n) is 4.27. The Morgan fingerprint density at radius 2 is 1.89 bits per heavy atom. The molecule has 1 fully saturated rings. The first-order valence-corrected chi connectivity index (χ1v) is 10.7. The molecule has 4 aromatic rings. The summed E-state index contributed by atoms with van der Waals surface area (Å²) in [5.41, 5.74) is 1.82. The molecule has 0 spiro atoms. The van der Waals surface area contributed by atoms with Crippen LogP contribution in [0.15, 0.2) is 53.3 Å². The zero-order valence-electron chi connectivity index (χ0n) is 15.8. The number of nitrogens with zero attached hydrogens (tertiary/aromatic N) is 2. The van der Waals surface area contributed by atoms with E-state index in [0.29, 0.717) is 11.3 Å². The smallest absolute Gasteiger partial charge is 0.258 e. The number of rotatable bonds is 3. The van der Waals surface area contributed by atoms with Gasteiger partial charge in [0.1, 0.15) is 11.0 Å². The zero-order chi connectivity index (χ0) is 19.1. The van der Waals surface area contributed by atoms with Gasteiger partial charge in [0.25, 0.3) is 5.56 Å². The zero-order valence-corrected chi connectivity index (χ0v) is 16.6. The van der Waals surface area contributed by atoms with E-state index in [4.69, 9.17) is 9.97 Å². The van der Waals surface area contributed by atoms with Crippen LogP contribution < -0.4 is 10.5 Å². The Kier molecular flexibility index (Phi) is 4.45. The van der Waals surface area contributed by atoms with E-state index in [1.54, 1.807) is 0 Å². The lowest BCUT2D eigenvalue weighted by molar-refractivity contribution is -0.936. The van der Waals surface area contributed by atoms with Gasteiger partial charge in [-0.05, 0) is 44.0 Å². The van der Waals surface area contributed by atoms with Gasteiger partial charge in [0.15, 0.2) is 5.82 Å². The molecule has 0 saturated carbocycles. The molecular formula is C22H23N4OS+. The average Bonchev–Trinajstić information content (AvgIpc) is 3.18.